The summed E-state index contributed by atoms with van der Waals surface area (Å²) in [6.07, 6.45) is -8.89. The topological polar surface area (TPSA) is 397 Å². The number of H-pyrrole nitrogens is 1. The summed E-state index contributed by atoms with van der Waals surface area (Å²) in [5.74, 6) is -0.243. The summed E-state index contributed by atoms with van der Waals surface area (Å²) in [5, 5.41) is 45.6. The minimum absolute atomic E-state index is 0.0115. The fraction of sp³-hybridized carbons (Fsp3) is 0.522. The number of nitrogen functional groups attached to an aromatic ring is 1. The lowest BCUT2D eigenvalue weighted by Crippen LogP contribution is -2.53. The number of rotatable bonds is 12. The second-order valence-corrected chi connectivity index (χ2v) is 16.7. The number of fused-ring (bicyclic) bond motifs is 2. The van der Waals surface area contributed by atoms with Crippen molar-refractivity contribution < 1.29 is 80.5 Å². The van der Waals surface area contributed by atoms with Crippen LogP contribution in [0.3, 0.4) is 0 Å². The number of hydrogen-bond donors (Lipinski definition) is 11. The summed E-state index contributed by atoms with van der Waals surface area (Å²) in [4.78, 5) is 57.1. The number of guanidine groups is 1. The predicted molar refractivity (Wildman–Crippen MR) is 172 cm³/mol. The molecule has 11 atom stereocenters. The highest BCUT2D eigenvalue weighted by atomic mass is 31.3. The highest BCUT2D eigenvalue weighted by Gasteiger charge is 2.56. The zero-order chi connectivity index (χ0) is 39.0. The molecule has 3 aromatic rings. The number of aliphatic imine (C=N–C) groups is 1. The molecule has 30 heteroatoms. The average molecular weight is 816 g/mol. The molecule has 0 spiro atoms. The van der Waals surface area contributed by atoms with E-state index < -0.39 is 90.8 Å². The molecule has 6 heterocycles. The number of aryl methyl sites for hydroxylation is 1. The molecule has 0 bridgehead atoms. The predicted octanol–water partition coefficient (Wildman–Crippen LogP) is -3.46. The number of nitrogens with one attached hydrogen (secondary N) is 2. The van der Waals surface area contributed by atoms with Gasteiger partial charge in [-0.2, -0.15) is 13.6 Å². The lowest BCUT2D eigenvalue weighted by atomic mass is 9.96. The summed E-state index contributed by atoms with van der Waals surface area (Å²) in [6.45, 7) is 2.74. The Morgan fingerprint density at radius 2 is 1.66 bits per heavy atom. The third kappa shape index (κ3) is 7.61. The molecular weight excluding hydrogens is 781 g/mol. The Labute approximate surface area is 295 Å². The van der Waals surface area contributed by atoms with Crippen molar-refractivity contribution in [3.63, 3.8) is 0 Å². The number of phosphoric ester groups is 2. The zero-order valence-electron chi connectivity index (χ0n) is 27.2. The first-order valence-electron chi connectivity index (χ1n) is 14.9. The molecule has 27 nitrogen and oxygen atoms in total. The molecule has 2 fully saturated rings. The largest absolute Gasteiger partial charge is 0.490 e. The van der Waals surface area contributed by atoms with Gasteiger partial charge in [0.05, 0.1) is 32.3 Å². The number of anilines is 1. The van der Waals surface area contributed by atoms with Gasteiger partial charge in [0.25, 0.3) is 11.5 Å². The van der Waals surface area contributed by atoms with Gasteiger partial charge >= 0.3 is 29.1 Å². The molecule has 0 saturated carbocycles. The Hall–Kier alpha value is -3.46. The highest BCUT2D eigenvalue weighted by molar-refractivity contribution is 7.66. The third-order valence-corrected chi connectivity index (χ3v) is 12.4. The zero-order valence-corrected chi connectivity index (χ0v) is 29.9. The van der Waals surface area contributed by atoms with Crippen LogP contribution in [-0.4, -0.2) is 114 Å². The van der Waals surface area contributed by atoms with E-state index in [1.807, 2.05) is 0 Å². The van der Waals surface area contributed by atoms with Gasteiger partial charge in [-0.15, -0.1) is 0 Å². The van der Waals surface area contributed by atoms with Gasteiger partial charge < -0.3 is 61.4 Å². The van der Waals surface area contributed by atoms with E-state index in [0.717, 1.165) is 11.5 Å². The quantitative estimate of drug-likeness (QED) is 0.0625. The van der Waals surface area contributed by atoms with Crippen LogP contribution in [0.5, 0.6) is 0 Å². The Morgan fingerprint density at radius 1 is 1.04 bits per heavy atom. The number of nitrogens with zero attached hydrogens (tertiary/aromatic N) is 6. The Bertz CT molecular complexity index is 2190. The Balaban J connectivity index is 1.05. The van der Waals surface area contributed by atoms with E-state index >= 15 is 0 Å². The summed E-state index contributed by atoms with van der Waals surface area (Å²) in [6, 6.07) is 0. The summed E-state index contributed by atoms with van der Waals surface area (Å²) in [7, 11) is -15.9. The van der Waals surface area contributed by atoms with Crippen molar-refractivity contribution in [2.45, 2.75) is 55.5 Å². The van der Waals surface area contributed by atoms with Crippen LogP contribution in [-0.2, 0) is 47.9 Å². The van der Waals surface area contributed by atoms with Crippen molar-refractivity contribution in [1.82, 2.24) is 29.4 Å². The van der Waals surface area contributed by atoms with Gasteiger partial charge in [0.15, 0.2) is 24.3 Å². The van der Waals surface area contributed by atoms with Crippen molar-refractivity contribution >= 4 is 58.1 Å². The normalized spacial score (nSPS) is 32.1. The molecule has 0 amide bonds. The fourth-order valence-corrected chi connectivity index (χ4v) is 9.32. The molecule has 53 heavy (non-hydrogen) atoms. The number of ether oxygens (including phenoxy) is 2. The molecule has 3 aliphatic heterocycles. The number of aliphatic hydroxyl groups excluding tert-OH is 3. The van der Waals surface area contributed by atoms with Crippen LogP contribution in [0.2, 0.25) is 0 Å². The number of aromatic nitrogens is 6. The van der Waals surface area contributed by atoms with Gasteiger partial charge in [-0.1, -0.05) is 11.6 Å². The van der Waals surface area contributed by atoms with E-state index in [-0.39, 0.29) is 40.3 Å². The van der Waals surface area contributed by atoms with E-state index in [1.165, 1.54) is 28.8 Å². The van der Waals surface area contributed by atoms with E-state index in [4.69, 9.17) is 20.9 Å². The van der Waals surface area contributed by atoms with E-state index in [2.05, 4.69) is 49.5 Å². The maximum Gasteiger partial charge on any atom is 0.490 e. The molecule has 2 saturated heterocycles. The summed E-state index contributed by atoms with van der Waals surface area (Å²) >= 11 is 0. The number of hydrogen-bond acceptors (Lipinski definition) is 20. The average Bonchev–Trinajstić information content (AvgIpc) is 3.72. The van der Waals surface area contributed by atoms with E-state index in [0.29, 0.717) is 0 Å². The van der Waals surface area contributed by atoms with Crippen molar-refractivity contribution in [2.24, 2.45) is 17.8 Å². The number of aliphatic hydroxyl groups is 4. The molecule has 3 aromatic heterocycles. The van der Waals surface area contributed by atoms with Crippen LogP contribution in [0.25, 0.3) is 16.9 Å². The highest BCUT2D eigenvalue weighted by Crippen LogP contribution is 2.68. The smallest absolute Gasteiger partial charge is 0.387 e. The van der Waals surface area contributed by atoms with Crippen molar-refractivity contribution in [1.29, 1.82) is 0 Å². The standard InChI is InChI=1S/C23H33N10O17P3/c1-8-11-16(28-21(24)27-8)32(6-26-11)19-14(35)13(34)9(47-19)4-45-51(39,40)49-53(43,44)50-52(41,42)46-5-10-15(36)23(2,38)20(48-10)33-7-31(3)12-17(33)29-22(25)30-18(12)37/h6-7,9-10,13-15,19-20,34-36,38H,1,4-5H2,2-3H3,(H8-,24,25,27,28,29,30,37,39,40,41,42,43,44)/p+1/t9?,10-,13-,14-,15-,19-,20?,23-/m1/s1. The lowest BCUT2D eigenvalue weighted by Gasteiger charge is -2.25. The molecular formula is C23H34N10O17P3+. The van der Waals surface area contributed by atoms with Crippen LogP contribution in [0, 0.1) is 0 Å². The molecule has 5 unspecified atom stereocenters. The molecule has 292 valence electrons. The van der Waals surface area contributed by atoms with Gasteiger partial charge in [0.2, 0.25) is 11.7 Å². The van der Waals surface area contributed by atoms with Gasteiger partial charge in [-0.25, -0.2) is 23.2 Å². The van der Waals surface area contributed by atoms with E-state index in [1.54, 1.807) is 0 Å². The first kappa shape index (κ1) is 39.2. The van der Waals surface area contributed by atoms with Crippen LogP contribution < -0.4 is 26.9 Å². The van der Waals surface area contributed by atoms with Gasteiger partial charge in [-0.05, 0) is 6.92 Å². The number of nitrogens with two attached hydrogens (primary N) is 2. The molecule has 0 radical (unpaired) electrons. The Kier molecular flexibility index (Phi) is 10.1. The minimum atomic E-state index is -5.99. The Morgan fingerprint density at radius 3 is 2.30 bits per heavy atom. The second kappa shape index (κ2) is 13.7. The first-order valence-corrected chi connectivity index (χ1v) is 19.4. The molecule has 0 aromatic carbocycles. The van der Waals surface area contributed by atoms with Crippen molar-refractivity contribution in [3.8, 4) is 0 Å². The van der Waals surface area contributed by atoms with Crippen LogP contribution in [0.1, 0.15) is 25.1 Å². The number of phosphoric acid groups is 3. The molecule has 6 rings (SSSR count). The SMILES string of the molecule is C=C1NC(N)=Nc2c1ncn2[C@@H]1OC(COP(=O)(O)OP(=O)(O)OP(=O)(O)OC[C@H]2OC([n+]3cn(C)c4c(=O)[nH]c(N)nc43)[C@](C)(O)[C@@H]2O)[C@@H](O)[C@H]1O. The number of aromatic amines is 1. The second-order valence-electron chi connectivity index (χ2n) is 12.1. The first-order chi connectivity index (χ1) is 24.5. The monoisotopic (exact) mass is 815 g/mol. The van der Waals surface area contributed by atoms with Crippen LogP contribution in [0.4, 0.5) is 11.8 Å². The lowest BCUT2D eigenvalue weighted by molar-refractivity contribution is -0.752. The number of imidazole rings is 2. The molecule has 13 N–H and O–H groups in total. The van der Waals surface area contributed by atoms with Crippen LogP contribution >= 0.6 is 23.5 Å². The maximum absolute atomic E-state index is 12.6. The minimum Gasteiger partial charge on any atom is -0.387 e. The molecule has 3 aliphatic rings. The van der Waals surface area contributed by atoms with Crippen molar-refractivity contribution in [2.75, 3.05) is 18.9 Å². The maximum atomic E-state index is 12.6. The summed E-state index contributed by atoms with van der Waals surface area (Å²) < 4.78 is 69.9. The van der Waals surface area contributed by atoms with Gasteiger partial charge in [-0.3, -0.25) is 28.0 Å². The molecule has 0 aliphatic carbocycles. The third-order valence-electron chi connectivity index (χ3n) is 8.18. The van der Waals surface area contributed by atoms with Crippen LogP contribution in [0.15, 0.2) is 29.0 Å². The fourth-order valence-electron chi connectivity index (χ4n) is 5.79. The van der Waals surface area contributed by atoms with Crippen molar-refractivity contribution in [3.05, 3.63) is 35.3 Å². The van der Waals surface area contributed by atoms with Gasteiger partial charge in [0, 0.05) is 0 Å². The van der Waals surface area contributed by atoms with Gasteiger partial charge in [0.1, 0.15) is 41.8 Å². The summed E-state index contributed by atoms with van der Waals surface area (Å²) in [5.41, 5.74) is 9.02. The van der Waals surface area contributed by atoms with E-state index in [9.17, 15) is 53.6 Å².